The maximum absolute atomic E-state index is 13.2. The molecule has 0 aliphatic carbocycles. The van der Waals surface area contributed by atoms with Crippen molar-refractivity contribution in [2.45, 2.75) is 64.3 Å². The highest BCUT2D eigenvalue weighted by Gasteiger charge is 2.31. The third-order valence-corrected chi connectivity index (χ3v) is 7.79. The maximum Gasteiger partial charge on any atom is 0.255 e. The van der Waals surface area contributed by atoms with E-state index in [1.165, 1.54) is 6.07 Å². The molecule has 0 aromatic heterocycles. The van der Waals surface area contributed by atoms with Gasteiger partial charge in [-0.1, -0.05) is 37.6 Å². The minimum atomic E-state index is -3.62. The summed E-state index contributed by atoms with van der Waals surface area (Å²) < 4.78 is 28.0. The van der Waals surface area contributed by atoms with Crippen LogP contribution in [0.15, 0.2) is 41.3 Å². The summed E-state index contributed by atoms with van der Waals surface area (Å²) >= 11 is 0. The Bertz CT molecular complexity index is 1010. The smallest absolute Gasteiger partial charge is 0.255 e. The summed E-state index contributed by atoms with van der Waals surface area (Å²) in [4.78, 5) is 13.2. The number of anilines is 1. The zero-order chi connectivity index (χ0) is 21.2. The molecule has 0 spiro atoms. The van der Waals surface area contributed by atoms with Gasteiger partial charge in [0, 0.05) is 23.8 Å². The topological polar surface area (TPSA) is 66.5 Å². The van der Waals surface area contributed by atoms with Gasteiger partial charge in [-0.05, 0) is 68.9 Å². The van der Waals surface area contributed by atoms with Crippen LogP contribution in [0.5, 0.6) is 0 Å². The zero-order valence-corrected chi connectivity index (χ0v) is 18.5. The minimum absolute atomic E-state index is 0.0218. The van der Waals surface area contributed by atoms with E-state index >= 15 is 0 Å². The highest BCUT2D eigenvalue weighted by atomic mass is 32.2. The molecule has 1 saturated heterocycles. The SMILES string of the molecule is CCc1cccc(C)c1NC(=O)c1cc(S(=O)(=O)N2CCCC[C@H]2C)ccc1C. The Kier molecular flexibility index (Phi) is 6.44. The second-order valence-corrected chi connectivity index (χ2v) is 9.74. The number of benzene rings is 2. The van der Waals surface area contributed by atoms with E-state index in [0.717, 1.165) is 48.1 Å². The standard InChI is InChI=1S/C23H30N2O3S/c1-5-19-11-8-9-17(3)22(19)24-23(26)21-15-20(13-12-16(21)2)29(27,28)25-14-7-6-10-18(25)4/h8-9,11-13,15,18H,5-7,10,14H2,1-4H3,(H,24,26)/t18-/m1/s1. The van der Waals surface area contributed by atoms with Crippen LogP contribution < -0.4 is 5.32 Å². The van der Waals surface area contributed by atoms with E-state index in [4.69, 9.17) is 0 Å². The molecule has 2 aromatic rings. The molecule has 0 saturated carbocycles. The lowest BCUT2D eigenvalue weighted by Gasteiger charge is -2.32. The van der Waals surface area contributed by atoms with E-state index in [0.29, 0.717) is 12.1 Å². The van der Waals surface area contributed by atoms with Crippen LogP contribution >= 0.6 is 0 Å². The number of aryl methyl sites for hydroxylation is 3. The second kappa shape index (κ2) is 8.67. The molecule has 6 heteroatoms. The molecular weight excluding hydrogens is 384 g/mol. The van der Waals surface area contributed by atoms with Crippen molar-refractivity contribution in [2.24, 2.45) is 0 Å². The molecule has 1 aliphatic heterocycles. The number of hydrogen-bond acceptors (Lipinski definition) is 3. The first-order valence-corrected chi connectivity index (χ1v) is 11.7. The van der Waals surface area contributed by atoms with Crippen molar-refractivity contribution in [1.82, 2.24) is 4.31 Å². The average Bonchev–Trinajstić information content (AvgIpc) is 2.69. The third-order valence-electron chi connectivity index (χ3n) is 5.78. The summed E-state index contributed by atoms with van der Waals surface area (Å²) in [5.74, 6) is -0.282. The number of nitrogens with one attached hydrogen (secondary N) is 1. The quantitative estimate of drug-likeness (QED) is 0.772. The molecule has 0 bridgehead atoms. The summed E-state index contributed by atoms with van der Waals surface area (Å²) in [6, 6.07) is 10.7. The monoisotopic (exact) mass is 414 g/mol. The van der Waals surface area contributed by atoms with Gasteiger partial charge >= 0.3 is 0 Å². The van der Waals surface area contributed by atoms with Crippen LogP contribution in [-0.4, -0.2) is 31.2 Å². The average molecular weight is 415 g/mol. The van der Waals surface area contributed by atoms with Gasteiger partial charge in [0.2, 0.25) is 10.0 Å². The molecule has 3 rings (SSSR count). The minimum Gasteiger partial charge on any atom is -0.321 e. The van der Waals surface area contributed by atoms with Crippen molar-refractivity contribution in [3.05, 3.63) is 58.7 Å². The van der Waals surface area contributed by atoms with Gasteiger partial charge in [-0.2, -0.15) is 4.31 Å². The Hall–Kier alpha value is -2.18. The Morgan fingerprint density at radius 3 is 2.59 bits per heavy atom. The van der Waals surface area contributed by atoms with E-state index in [1.807, 2.05) is 45.9 Å². The maximum atomic E-state index is 13.2. The normalized spacial score (nSPS) is 17.9. The summed E-state index contributed by atoms with van der Waals surface area (Å²) in [5.41, 5.74) is 3.99. The van der Waals surface area contributed by atoms with Gasteiger partial charge in [-0.3, -0.25) is 4.79 Å². The summed E-state index contributed by atoms with van der Waals surface area (Å²) in [5, 5.41) is 3.01. The fraction of sp³-hybridized carbons (Fsp3) is 0.435. The molecule has 1 amide bonds. The molecule has 0 unspecified atom stereocenters. The fourth-order valence-electron chi connectivity index (χ4n) is 3.95. The number of rotatable bonds is 5. The van der Waals surface area contributed by atoms with E-state index in [-0.39, 0.29) is 16.8 Å². The Labute approximate surface area is 174 Å². The van der Waals surface area contributed by atoms with Gasteiger partial charge < -0.3 is 5.32 Å². The second-order valence-electron chi connectivity index (χ2n) is 7.85. The number of nitrogens with zero attached hydrogens (tertiary/aromatic N) is 1. The predicted octanol–water partition coefficient (Wildman–Crippen LogP) is 4.68. The summed E-state index contributed by atoms with van der Waals surface area (Å²) in [6.07, 6.45) is 3.59. The molecule has 1 aliphatic rings. The Morgan fingerprint density at radius 1 is 1.14 bits per heavy atom. The Morgan fingerprint density at radius 2 is 1.90 bits per heavy atom. The highest BCUT2D eigenvalue weighted by Crippen LogP contribution is 2.27. The molecule has 156 valence electrons. The predicted molar refractivity (Wildman–Crippen MR) is 117 cm³/mol. The lowest BCUT2D eigenvalue weighted by molar-refractivity contribution is 0.102. The molecule has 1 atom stereocenters. The summed E-state index contributed by atoms with van der Waals surface area (Å²) in [6.45, 7) is 8.31. The number of piperidine rings is 1. The first kappa shape index (κ1) is 21.5. The first-order chi connectivity index (χ1) is 13.8. The Balaban J connectivity index is 1.94. The van der Waals surface area contributed by atoms with E-state index in [1.54, 1.807) is 16.4 Å². The van der Waals surface area contributed by atoms with Crippen LogP contribution in [0.25, 0.3) is 0 Å². The van der Waals surface area contributed by atoms with Gasteiger partial charge in [0.05, 0.1) is 4.90 Å². The molecule has 1 heterocycles. The number of amides is 1. The van der Waals surface area contributed by atoms with Crippen molar-refractivity contribution >= 4 is 21.6 Å². The van der Waals surface area contributed by atoms with Gasteiger partial charge in [0.15, 0.2) is 0 Å². The van der Waals surface area contributed by atoms with Gasteiger partial charge in [0.1, 0.15) is 0 Å². The van der Waals surface area contributed by atoms with Crippen LogP contribution in [0.2, 0.25) is 0 Å². The van der Waals surface area contributed by atoms with E-state index in [2.05, 4.69) is 5.32 Å². The number of hydrogen-bond donors (Lipinski definition) is 1. The highest BCUT2D eigenvalue weighted by molar-refractivity contribution is 7.89. The number of sulfonamides is 1. The molecule has 1 fully saturated rings. The third kappa shape index (κ3) is 4.38. The van der Waals surface area contributed by atoms with E-state index < -0.39 is 10.0 Å². The largest absolute Gasteiger partial charge is 0.321 e. The van der Waals surface area contributed by atoms with Crippen molar-refractivity contribution in [2.75, 3.05) is 11.9 Å². The lowest BCUT2D eigenvalue weighted by Crippen LogP contribution is -2.42. The molecule has 5 nitrogen and oxygen atoms in total. The van der Waals surface area contributed by atoms with Gasteiger partial charge in [0.25, 0.3) is 5.91 Å². The number of carbonyl (C=O) groups excluding carboxylic acids is 1. The number of carbonyl (C=O) groups is 1. The van der Waals surface area contributed by atoms with Crippen LogP contribution in [0.4, 0.5) is 5.69 Å². The first-order valence-electron chi connectivity index (χ1n) is 10.3. The molecule has 1 N–H and O–H groups in total. The van der Waals surface area contributed by atoms with Crippen LogP contribution in [0.3, 0.4) is 0 Å². The van der Waals surface area contributed by atoms with Crippen molar-refractivity contribution < 1.29 is 13.2 Å². The van der Waals surface area contributed by atoms with Crippen molar-refractivity contribution in [3.8, 4) is 0 Å². The summed E-state index contributed by atoms with van der Waals surface area (Å²) in [7, 11) is -3.62. The molecule has 2 aromatic carbocycles. The molecule has 0 radical (unpaired) electrons. The molecular formula is C23H30N2O3S. The van der Waals surface area contributed by atoms with Gasteiger partial charge in [-0.25, -0.2) is 8.42 Å². The van der Waals surface area contributed by atoms with Crippen LogP contribution in [0, 0.1) is 13.8 Å². The molecule has 29 heavy (non-hydrogen) atoms. The van der Waals surface area contributed by atoms with Crippen LogP contribution in [-0.2, 0) is 16.4 Å². The van der Waals surface area contributed by atoms with E-state index in [9.17, 15) is 13.2 Å². The fourth-order valence-corrected chi connectivity index (χ4v) is 5.68. The van der Waals surface area contributed by atoms with Crippen molar-refractivity contribution in [3.63, 3.8) is 0 Å². The zero-order valence-electron chi connectivity index (χ0n) is 17.7. The number of para-hydroxylation sites is 1. The van der Waals surface area contributed by atoms with Crippen molar-refractivity contribution in [1.29, 1.82) is 0 Å². The van der Waals surface area contributed by atoms with Crippen LogP contribution in [0.1, 0.15) is 60.2 Å². The van der Waals surface area contributed by atoms with Gasteiger partial charge in [-0.15, -0.1) is 0 Å². The lowest BCUT2D eigenvalue weighted by atomic mass is 10.0.